The van der Waals surface area contributed by atoms with Gasteiger partial charge in [0, 0.05) is 24.7 Å². The molecule has 3 nitrogen and oxygen atoms in total. The van der Waals surface area contributed by atoms with E-state index in [1.54, 1.807) is 0 Å². The number of hydrogen-bond acceptors (Lipinski definition) is 2. The summed E-state index contributed by atoms with van der Waals surface area (Å²) in [6, 6.07) is 5.85. The van der Waals surface area contributed by atoms with E-state index in [1.165, 1.54) is 0 Å². The third-order valence-electron chi connectivity index (χ3n) is 3.50. The molecule has 0 unspecified atom stereocenters. The molecule has 1 heterocycles. The van der Waals surface area contributed by atoms with E-state index < -0.39 is 0 Å². The van der Waals surface area contributed by atoms with Gasteiger partial charge in [-0.05, 0) is 31.0 Å². The second-order valence-electron chi connectivity index (χ2n) is 5.01. The molecule has 98 valence electrons. The van der Waals surface area contributed by atoms with E-state index in [1.807, 2.05) is 36.9 Å². The highest BCUT2D eigenvalue weighted by molar-refractivity contribution is 5.93. The van der Waals surface area contributed by atoms with Gasteiger partial charge in [-0.1, -0.05) is 12.1 Å². The molecular formula is C14H19FN2O. The highest BCUT2D eigenvalue weighted by Gasteiger charge is 2.27. The first kappa shape index (κ1) is 13.0. The summed E-state index contributed by atoms with van der Waals surface area (Å²) >= 11 is 0. The molecule has 1 aromatic rings. The van der Waals surface area contributed by atoms with Crippen molar-refractivity contribution in [1.29, 1.82) is 0 Å². The molecule has 0 bridgehead atoms. The number of likely N-dealkylation sites (tertiary alicyclic amines) is 1. The highest BCUT2D eigenvalue weighted by Crippen LogP contribution is 2.19. The molecule has 1 aliphatic heterocycles. The molecule has 1 fully saturated rings. The highest BCUT2D eigenvalue weighted by atomic mass is 19.1. The van der Waals surface area contributed by atoms with E-state index in [0.717, 1.165) is 16.8 Å². The van der Waals surface area contributed by atoms with Gasteiger partial charge in [0.2, 0.25) is 5.91 Å². The number of amides is 1. The topological polar surface area (TPSA) is 32.3 Å². The largest absolute Gasteiger partial charge is 0.325 e. The Labute approximate surface area is 107 Å². The summed E-state index contributed by atoms with van der Waals surface area (Å²) in [5, 5.41) is 2.91. The number of rotatable bonds is 4. The average molecular weight is 250 g/mol. The molecular weight excluding hydrogens is 231 g/mol. The molecule has 0 radical (unpaired) electrons. The molecule has 0 atom stereocenters. The number of anilines is 1. The Morgan fingerprint density at radius 1 is 1.44 bits per heavy atom. The van der Waals surface area contributed by atoms with Crippen molar-refractivity contribution in [1.82, 2.24) is 4.90 Å². The standard InChI is InChI=1S/C14H19FN2O/c1-10-4-3-5-13(11(10)2)16-14(18)9-17-7-12(6-15)8-17/h3-5,12H,6-9H2,1-2H3,(H,16,18). The van der Waals surface area contributed by atoms with Crippen LogP contribution in [0.2, 0.25) is 0 Å². The molecule has 2 rings (SSSR count). The van der Waals surface area contributed by atoms with Crippen molar-refractivity contribution in [3.05, 3.63) is 29.3 Å². The number of benzene rings is 1. The first-order valence-electron chi connectivity index (χ1n) is 6.24. The zero-order valence-corrected chi connectivity index (χ0v) is 10.9. The SMILES string of the molecule is Cc1cccc(NC(=O)CN2CC(CF)C2)c1C. The Hall–Kier alpha value is -1.42. The molecule has 0 spiro atoms. The van der Waals surface area contributed by atoms with E-state index in [0.29, 0.717) is 19.6 Å². The molecule has 4 heteroatoms. The quantitative estimate of drug-likeness (QED) is 0.888. The minimum Gasteiger partial charge on any atom is -0.325 e. The van der Waals surface area contributed by atoms with Gasteiger partial charge < -0.3 is 5.32 Å². The molecule has 0 aromatic heterocycles. The second-order valence-corrected chi connectivity index (χ2v) is 5.01. The number of carbonyl (C=O) groups excluding carboxylic acids is 1. The van der Waals surface area contributed by atoms with Crippen LogP contribution in [0.25, 0.3) is 0 Å². The van der Waals surface area contributed by atoms with Crippen LogP contribution in [0, 0.1) is 19.8 Å². The lowest BCUT2D eigenvalue weighted by Gasteiger charge is -2.37. The predicted molar refractivity (Wildman–Crippen MR) is 70.5 cm³/mol. The van der Waals surface area contributed by atoms with Gasteiger partial charge in [0.25, 0.3) is 0 Å². The van der Waals surface area contributed by atoms with Crippen LogP contribution < -0.4 is 5.32 Å². The first-order chi connectivity index (χ1) is 8.60. The lowest BCUT2D eigenvalue weighted by atomic mass is 10.0. The molecule has 0 saturated carbocycles. The summed E-state index contributed by atoms with van der Waals surface area (Å²) in [5.74, 6) is 0.0968. The predicted octanol–water partition coefficient (Wildman–Crippen LogP) is 2.14. The van der Waals surface area contributed by atoms with E-state index in [4.69, 9.17) is 0 Å². The fourth-order valence-electron chi connectivity index (χ4n) is 2.18. The number of carbonyl (C=O) groups is 1. The van der Waals surface area contributed by atoms with Crippen LogP contribution in [-0.4, -0.2) is 37.1 Å². The van der Waals surface area contributed by atoms with Crippen molar-refractivity contribution in [2.24, 2.45) is 5.92 Å². The van der Waals surface area contributed by atoms with E-state index >= 15 is 0 Å². The summed E-state index contributed by atoms with van der Waals surface area (Å²) in [4.78, 5) is 13.8. The maximum atomic E-state index is 12.3. The second kappa shape index (κ2) is 5.48. The molecule has 1 aromatic carbocycles. The van der Waals surface area contributed by atoms with Crippen LogP contribution in [0.4, 0.5) is 10.1 Å². The van der Waals surface area contributed by atoms with Crippen molar-refractivity contribution in [3.63, 3.8) is 0 Å². The van der Waals surface area contributed by atoms with E-state index in [-0.39, 0.29) is 18.5 Å². The summed E-state index contributed by atoms with van der Waals surface area (Å²) in [6.07, 6.45) is 0. The average Bonchev–Trinajstić information content (AvgIpc) is 2.29. The van der Waals surface area contributed by atoms with Crippen LogP contribution >= 0.6 is 0 Å². The number of nitrogens with one attached hydrogen (secondary N) is 1. The normalized spacial score (nSPS) is 16.4. The van der Waals surface area contributed by atoms with Crippen LogP contribution in [-0.2, 0) is 4.79 Å². The van der Waals surface area contributed by atoms with Crippen molar-refractivity contribution in [2.45, 2.75) is 13.8 Å². The minimum atomic E-state index is -0.283. The van der Waals surface area contributed by atoms with Crippen molar-refractivity contribution < 1.29 is 9.18 Å². The summed E-state index contributed by atoms with van der Waals surface area (Å²) in [6.45, 7) is 5.46. The maximum Gasteiger partial charge on any atom is 0.238 e. The summed E-state index contributed by atoms with van der Waals surface area (Å²) < 4.78 is 12.3. The van der Waals surface area contributed by atoms with Crippen LogP contribution in [0.1, 0.15) is 11.1 Å². The number of alkyl halides is 1. The molecule has 1 amide bonds. The van der Waals surface area contributed by atoms with Gasteiger partial charge in [0.1, 0.15) is 0 Å². The summed E-state index contributed by atoms with van der Waals surface area (Å²) in [5.41, 5.74) is 3.12. The maximum absolute atomic E-state index is 12.3. The van der Waals surface area contributed by atoms with Gasteiger partial charge in [-0.3, -0.25) is 14.1 Å². The molecule has 0 aliphatic carbocycles. The first-order valence-corrected chi connectivity index (χ1v) is 6.24. The van der Waals surface area contributed by atoms with Gasteiger partial charge >= 0.3 is 0 Å². The van der Waals surface area contributed by atoms with Crippen molar-refractivity contribution in [2.75, 3.05) is 31.6 Å². The number of nitrogens with zero attached hydrogens (tertiary/aromatic N) is 1. The van der Waals surface area contributed by atoms with E-state index in [9.17, 15) is 9.18 Å². The zero-order chi connectivity index (χ0) is 13.1. The van der Waals surface area contributed by atoms with Crippen molar-refractivity contribution >= 4 is 11.6 Å². The smallest absolute Gasteiger partial charge is 0.238 e. The lowest BCUT2D eigenvalue weighted by molar-refractivity contribution is -0.119. The Bertz CT molecular complexity index is 441. The molecule has 1 aliphatic rings. The molecule has 1 saturated heterocycles. The lowest BCUT2D eigenvalue weighted by Crippen LogP contribution is -2.50. The Balaban J connectivity index is 1.86. The van der Waals surface area contributed by atoms with Crippen LogP contribution in [0.15, 0.2) is 18.2 Å². The monoisotopic (exact) mass is 250 g/mol. The molecule has 18 heavy (non-hydrogen) atoms. The third-order valence-corrected chi connectivity index (χ3v) is 3.50. The zero-order valence-electron chi connectivity index (χ0n) is 10.9. The molecule has 1 N–H and O–H groups in total. The Morgan fingerprint density at radius 2 is 2.17 bits per heavy atom. The van der Waals surface area contributed by atoms with Crippen LogP contribution in [0.3, 0.4) is 0 Å². The van der Waals surface area contributed by atoms with Gasteiger partial charge in [-0.25, -0.2) is 0 Å². The number of halogens is 1. The van der Waals surface area contributed by atoms with Gasteiger partial charge in [-0.15, -0.1) is 0 Å². The Kier molecular flexibility index (Phi) is 3.97. The Morgan fingerprint density at radius 3 is 2.83 bits per heavy atom. The van der Waals surface area contributed by atoms with E-state index in [2.05, 4.69) is 5.32 Å². The third kappa shape index (κ3) is 2.88. The van der Waals surface area contributed by atoms with Crippen LogP contribution in [0.5, 0.6) is 0 Å². The number of hydrogen-bond donors (Lipinski definition) is 1. The fourth-order valence-corrected chi connectivity index (χ4v) is 2.18. The van der Waals surface area contributed by atoms with Gasteiger partial charge in [0.05, 0.1) is 13.2 Å². The van der Waals surface area contributed by atoms with Gasteiger partial charge in [0.15, 0.2) is 0 Å². The van der Waals surface area contributed by atoms with Gasteiger partial charge in [-0.2, -0.15) is 0 Å². The fraction of sp³-hybridized carbons (Fsp3) is 0.500. The number of aryl methyl sites for hydroxylation is 1. The summed E-state index contributed by atoms with van der Waals surface area (Å²) in [7, 11) is 0. The minimum absolute atomic E-state index is 0.0268. The van der Waals surface area contributed by atoms with Crippen molar-refractivity contribution in [3.8, 4) is 0 Å².